The highest BCUT2D eigenvalue weighted by Crippen LogP contribution is 2.33. The summed E-state index contributed by atoms with van der Waals surface area (Å²) >= 11 is 5.94. The number of nitrogens with one attached hydrogen (secondary N) is 1. The molecule has 1 amide bonds. The van der Waals surface area contributed by atoms with Gasteiger partial charge in [-0.3, -0.25) is 4.79 Å². The van der Waals surface area contributed by atoms with E-state index >= 15 is 0 Å². The van der Waals surface area contributed by atoms with Gasteiger partial charge in [0.2, 0.25) is 0 Å². The normalized spacial score (nSPS) is 12.6. The Bertz CT molecular complexity index is 1310. The minimum absolute atomic E-state index is 0.0894. The van der Waals surface area contributed by atoms with E-state index in [1.54, 1.807) is 6.92 Å². The number of hydrogen-bond donors (Lipinski definition) is 1. The summed E-state index contributed by atoms with van der Waals surface area (Å²) in [6, 6.07) is 11.2. The average Bonchev–Trinajstić information content (AvgIpc) is 3.03. The molecule has 34 heavy (non-hydrogen) atoms. The summed E-state index contributed by atoms with van der Waals surface area (Å²) in [4.78, 5) is 13.1. The molecular weight excluding hydrogens is 493 g/mol. The van der Waals surface area contributed by atoms with Crippen LogP contribution >= 0.6 is 11.6 Å². The Hall–Kier alpha value is -2.98. The SMILES string of the molecule is Cc1c(C(=O)Nc2ccc(S(C)(=O)=O)cc2)cc(C[C@@H](C)F)n1-c1ccc(Cl)cc1OC(F)F. The van der Waals surface area contributed by atoms with E-state index in [-0.39, 0.29) is 33.3 Å². The van der Waals surface area contributed by atoms with Crippen LogP contribution < -0.4 is 10.1 Å². The fourth-order valence-corrected chi connectivity index (χ4v) is 4.31. The highest BCUT2D eigenvalue weighted by Gasteiger charge is 2.23. The number of amides is 1. The second-order valence-corrected chi connectivity index (χ2v) is 10.1. The zero-order valence-electron chi connectivity index (χ0n) is 18.5. The third-order valence-corrected chi connectivity index (χ3v) is 6.34. The van der Waals surface area contributed by atoms with Crippen LogP contribution in [0.1, 0.15) is 28.7 Å². The number of hydrogen-bond acceptors (Lipinski definition) is 4. The molecule has 0 aliphatic heterocycles. The largest absolute Gasteiger partial charge is 0.433 e. The molecule has 0 fully saturated rings. The van der Waals surface area contributed by atoms with E-state index < -0.39 is 28.5 Å². The van der Waals surface area contributed by atoms with Gasteiger partial charge in [-0.1, -0.05) is 11.6 Å². The van der Waals surface area contributed by atoms with Gasteiger partial charge in [0.1, 0.15) is 6.17 Å². The Labute approximate surface area is 200 Å². The Balaban J connectivity index is 2.03. The van der Waals surface area contributed by atoms with E-state index in [2.05, 4.69) is 10.1 Å². The number of anilines is 1. The summed E-state index contributed by atoms with van der Waals surface area (Å²) in [6.07, 6.45) is -0.296. The number of aromatic nitrogens is 1. The van der Waals surface area contributed by atoms with Crippen molar-refractivity contribution in [2.45, 2.75) is 37.9 Å². The van der Waals surface area contributed by atoms with Gasteiger partial charge < -0.3 is 14.6 Å². The standard InChI is InChI=1S/C23H22ClF3N2O4S/c1-13(25)10-17-12-19(22(30)28-16-5-7-18(8-6-16)34(3,31)32)14(2)29(17)20-9-4-15(24)11-21(20)33-23(26)27/h4-9,11-13,23H,10H2,1-3H3,(H,28,30)/t13-/m1/s1. The highest BCUT2D eigenvalue weighted by molar-refractivity contribution is 7.90. The third-order valence-electron chi connectivity index (χ3n) is 4.98. The minimum atomic E-state index is -3.39. The van der Waals surface area contributed by atoms with Crippen LogP contribution in [0.5, 0.6) is 5.75 Å². The first-order valence-electron chi connectivity index (χ1n) is 10.1. The Morgan fingerprint density at radius 3 is 2.32 bits per heavy atom. The van der Waals surface area contributed by atoms with Gasteiger partial charge in [0, 0.05) is 40.8 Å². The summed E-state index contributed by atoms with van der Waals surface area (Å²) in [5.41, 5.74) is 1.43. The van der Waals surface area contributed by atoms with Gasteiger partial charge in [0.05, 0.1) is 16.1 Å². The summed E-state index contributed by atoms with van der Waals surface area (Å²) < 4.78 is 69.3. The second kappa shape index (κ2) is 10.1. The molecule has 0 aliphatic carbocycles. The lowest BCUT2D eigenvalue weighted by Gasteiger charge is -2.17. The number of benzene rings is 2. The number of alkyl halides is 3. The molecular formula is C23H22ClF3N2O4S. The first kappa shape index (κ1) is 25.6. The molecule has 0 unspecified atom stereocenters. The van der Waals surface area contributed by atoms with E-state index in [0.29, 0.717) is 17.1 Å². The molecule has 6 nitrogen and oxygen atoms in total. The van der Waals surface area contributed by atoms with Crippen LogP contribution in [-0.2, 0) is 16.3 Å². The molecule has 0 aliphatic rings. The second-order valence-electron chi connectivity index (χ2n) is 7.70. The van der Waals surface area contributed by atoms with Gasteiger partial charge in [-0.05, 0) is 56.3 Å². The maximum Gasteiger partial charge on any atom is 0.387 e. The first-order chi connectivity index (χ1) is 15.9. The fourth-order valence-electron chi connectivity index (χ4n) is 3.52. The predicted molar refractivity (Wildman–Crippen MR) is 124 cm³/mol. The van der Waals surface area contributed by atoms with Crippen molar-refractivity contribution in [2.24, 2.45) is 0 Å². The molecule has 0 radical (unpaired) electrons. The van der Waals surface area contributed by atoms with Crippen LogP contribution in [-0.4, -0.2) is 37.9 Å². The molecule has 1 aromatic heterocycles. The van der Waals surface area contributed by atoms with Crippen LogP contribution in [0.15, 0.2) is 53.4 Å². The summed E-state index contributed by atoms with van der Waals surface area (Å²) in [5.74, 6) is -0.765. The van der Waals surface area contributed by atoms with Crippen molar-refractivity contribution in [1.82, 2.24) is 4.57 Å². The molecule has 0 saturated heterocycles. The maximum absolute atomic E-state index is 13.9. The summed E-state index contributed by atoms with van der Waals surface area (Å²) in [6.45, 7) is -0.183. The van der Waals surface area contributed by atoms with E-state index in [1.807, 2.05) is 0 Å². The van der Waals surface area contributed by atoms with Crippen molar-refractivity contribution < 1.29 is 31.1 Å². The molecule has 1 N–H and O–H groups in total. The Morgan fingerprint density at radius 1 is 1.12 bits per heavy atom. The molecule has 0 spiro atoms. The van der Waals surface area contributed by atoms with Crippen molar-refractivity contribution in [1.29, 1.82) is 0 Å². The number of carbonyl (C=O) groups excluding carboxylic acids is 1. The first-order valence-corrected chi connectivity index (χ1v) is 12.3. The van der Waals surface area contributed by atoms with Crippen LogP contribution in [0, 0.1) is 6.92 Å². The van der Waals surface area contributed by atoms with Crippen molar-refractivity contribution in [3.63, 3.8) is 0 Å². The van der Waals surface area contributed by atoms with E-state index in [1.165, 1.54) is 60.0 Å². The monoisotopic (exact) mass is 514 g/mol. The lowest BCUT2D eigenvalue weighted by atomic mass is 10.2. The van der Waals surface area contributed by atoms with E-state index in [4.69, 9.17) is 11.6 Å². The van der Waals surface area contributed by atoms with Crippen molar-refractivity contribution in [3.8, 4) is 11.4 Å². The van der Waals surface area contributed by atoms with Gasteiger partial charge >= 0.3 is 6.61 Å². The summed E-state index contributed by atoms with van der Waals surface area (Å²) in [5, 5.41) is 2.83. The molecule has 0 bridgehead atoms. The predicted octanol–water partition coefficient (Wildman–Crippen LogP) is 5.60. The molecule has 182 valence electrons. The lowest BCUT2D eigenvalue weighted by molar-refractivity contribution is -0.0498. The topological polar surface area (TPSA) is 77.4 Å². The van der Waals surface area contributed by atoms with Crippen molar-refractivity contribution in [3.05, 3.63) is 70.5 Å². The summed E-state index contributed by atoms with van der Waals surface area (Å²) in [7, 11) is -3.39. The average molecular weight is 515 g/mol. The third kappa shape index (κ3) is 5.92. The molecule has 0 saturated carbocycles. The van der Waals surface area contributed by atoms with Crippen LogP contribution in [0.2, 0.25) is 5.02 Å². The highest BCUT2D eigenvalue weighted by atomic mass is 35.5. The van der Waals surface area contributed by atoms with Gasteiger partial charge in [0.25, 0.3) is 5.91 Å². The van der Waals surface area contributed by atoms with Crippen LogP contribution in [0.25, 0.3) is 5.69 Å². The van der Waals surface area contributed by atoms with Gasteiger partial charge in [-0.2, -0.15) is 8.78 Å². The van der Waals surface area contributed by atoms with Crippen LogP contribution in [0.4, 0.5) is 18.9 Å². The van der Waals surface area contributed by atoms with E-state index in [0.717, 1.165) is 6.26 Å². The van der Waals surface area contributed by atoms with Gasteiger partial charge in [0.15, 0.2) is 15.6 Å². The molecule has 11 heteroatoms. The molecule has 3 aromatic rings. The molecule has 3 rings (SSSR count). The Morgan fingerprint density at radius 2 is 1.76 bits per heavy atom. The minimum Gasteiger partial charge on any atom is -0.433 e. The molecule has 1 atom stereocenters. The van der Waals surface area contributed by atoms with Crippen molar-refractivity contribution in [2.75, 3.05) is 11.6 Å². The zero-order chi connectivity index (χ0) is 25.2. The lowest BCUT2D eigenvalue weighted by Crippen LogP contribution is -2.14. The zero-order valence-corrected chi connectivity index (χ0v) is 20.1. The van der Waals surface area contributed by atoms with Crippen molar-refractivity contribution >= 4 is 33.0 Å². The quantitative estimate of drug-likeness (QED) is 0.424. The number of sulfone groups is 1. The van der Waals surface area contributed by atoms with Crippen LogP contribution in [0.3, 0.4) is 0 Å². The fraction of sp³-hybridized carbons (Fsp3) is 0.261. The maximum atomic E-state index is 13.9. The number of carbonyl (C=O) groups is 1. The number of nitrogens with zero attached hydrogens (tertiary/aromatic N) is 1. The molecule has 1 heterocycles. The number of halogens is 4. The Kier molecular flexibility index (Phi) is 7.62. The number of ether oxygens (including phenoxy) is 1. The van der Waals surface area contributed by atoms with Gasteiger partial charge in [-0.15, -0.1) is 0 Å². The molecule has 2 aromatic carbocycles. The number of rotatable bonds is 8. The smallest absolute Gasteiger partial charge is 0.387 e. The van der Waals surface area contributed by atoms with E-state index in [9.17, 15) is 26.4 Å². The van der Waals surface area contributed by atoms with Gasteiger partial charge in [-0.25, -0.2) is 12.8 Å².